The number of nitrogens with zero attached hydrogens (tertiary/aromatic N) is 1. The summed E-state index contributed by atoms with van der Waals surface area (Å²) >= 11 is 3.34. The first-order valence-electron chi connectivity index (χ1n) is 10.9. The van der Waals surface area contributed by atoms with Crippen LogP contribution in [0.4, 0.5) is 25.0 Å². The number of methoxy groups -OCH3 is 1. The Morgan fingerprint density at radius 1 is 1.00 bits per heavy atom. The second-order valence-corrected chi connectivity index (χ2v) is 8.66. The minimum absolute atomic E-state index is 0.0756. The lowest BCUT2D eigenvalue weighted by Crippen LogP contribution is -2.54. The Morgan fingerprint density at radius 3 is 2.26 bits per heavy atom. The van der Waals surface area contributed by atoms with Crippen molar-refractivity contribution in [2.75, 3.05) is 23.9 Å². The predicted octanol–water partition coefficient (Wildman–Crippen LogP) is 4.42. The van der Waals surface area contributed by atoms with Crippen LogP contribution >= 0.6 is 15.9 Å². The van der Waals surface area contributed by atoms with E-state index in [1.54, 1.807) is 0 Å². The van der Waals surface area contributed by atoms with E-state index in [1.807, 2.05) is 0 Å². The van der Waals surface area contributed by atoms with E-state index in [0.717, 1.165) is 17.0 Å². The van der Waals surface area contributed by atoms with Crippen molar-refractivity contribution >= 4 is 57.1 Å². The summed E-state index contributed by atoms with van der Waals surface area (Å²) in [6.07, 6.45) is 1.25. The highest BCUT2D eigenvalue weighted by Gasteiger charge is 2.37. The van der Waals surface area contributed by atoms with Gasteiger partial charge in [0, 0.05) is 10.2 Å². The third kappa shape index (κ3) is 5.86. The second kappa shape index (κ2) is 11.2. The Labute approximate surface area is 223 Å². The Bertz CT molecular complexity index is 1460. The molecule has 2 N–H and O–H groups in total. The van der Waals surface area contributed by atoms with Gasteiger partial charge < -0.3 is 14.8 Å². The van der Waals surface area contributed by atoms with Crippen molar-refractivity contribution in [1.82, 2.24) is 5.32 Å². The maximum Gasteiger partial charge on any atom is 0.335 e. The van der Waals surface area contributed by atoms with E-state index >= 15 is 0 Å². The molecule has 0 unspecified atom stereocenters. The van der Waals surface area contributed by atoms with Crippen LogP contribution in [0.25, 0.3) is 6.08 Å². The molecular formula is C26H18BrF2N3O6. The molecule has 0 aromatic heterocycles. The topological polar surface area (TPSA) is 114 Å². The Balaban J connectivity index is 1.55. The molecular weight excluding hydrogens is 568 g/mol. The first-order valence-corrected chi connectivity index (χ1v) is 11.7. The van der Waals surface area contributed by atoms with Crippen molar-refractivity contribution in [1.29, 1.82) is 0 Å². The Hall–Kier alpha value is -4.58. The van der Waals surface area contributed by atoms with Crippen LogP contribution in [-0.2, 0) is 14.4 Å². The number of anilines is 2. The average molecular weight is 586 g/mol. The maximum atomic E-state index is 13.3. The van der Waals surface area contributed by atoms with Gasteiger partial charge in [-0.25, -0.2) is 18.5 Å². The van der Waals surface area contributed by atoms with Gasteiger partial charge >= 0.3 is 6.03 Å². The first-order chi connectivity index (χ1) is 18.2. The van der Waals surface area contributed by atoms with Gasteiger partial charge in [-0.05, 0) is 72.3 Å². The zero-order chi connectivity index (χ0) is 27.4. The van der Waals surface area contributed by atoms with Crippen LogP contribution in [0.1, 0.15) is 5.56 Å². The smallest absolute Gasteiger partial charge is 0.335 e. The van der Waals surface area contributed by atoms with Crippen LogP contribution in [-0.4, -0.2) is 37.5 Å². The molecule has 0 aliphatic carbocycles. The average Bonchev–Trinajstić information content (AvgIpc) is 2.88. The van der Waals surface area contributed by atoms with Crippen LogP contribution < -0.4 is 25.0 Å². The minimum Gasteiger partial charge on any atom is -0.493 e. The van der Waals surface area contributed by atoms with Gasteiger partial charge in [0.25, 0.3) is 17.7 Å². The highest BCUT2D eigenvalue weighted by molar-refractivity contribution is 9.10. The van der Waals surface area contributed by atoms with Gasteiger partial charge in [-0.1, -0.05) is 15.9 Å². The summed E-state index contributed by atoms with van der Waals surface area (Å²) in [5.41, 5.74) is 0.436. The second-order valence-electron chi connectivity index (χ2n) is 7.80. The van der Waals surface area contributed by atoms with Crippen LogP contribution in [0.5, 0.6) is 11.5 Å². The molecule has 3 aromatic rings. The first kappa shape index (κ1) is 26.5. The van der Waals surface area contributed by atoms with E-state index in [2.05, 4.69) is 26.6 Å². The molecule has 1 fully saturated rings. The van der Waals surface area contributed by atoms with Gasteiger partial charge in [0.1, 0.15) is 17.2 Å². The standard InChI is InChI=1S/C26H18BrF2N3O6/c1-37-21-11-14(20(27)12-22(21)38-13-23(33)30-17-6-2-15(28)3-7-17)10-19-24(34)31-26(36)32(25(19)35)18-8-4-16(29)5-9-18/h2-12H,13H2,1H3,(H,30,33)(H,31,34,36)/b19-10+. The number of carbonyl (C=O) groups is 4. The fraction of sp³-hybridized carbons (Fsp3) is 0.0769. The number of nitrogens with one attached hydrogen (secondary N) is 2. The lowest BCUT2D eigenvalue weighted by atomic mass is 10.1. The normalized spacial score (nSPS) is 14.4. The minimum atomic E-state index is -0.969. The number of carbonyl (C=O) groups excluding carboxylic acids is 4. The monoisotopic (exact) mass is 585 g/mol. The fourth-order valence-electron chi connectivity index (χ4n) is 3.45. The predicted molar refractivity (Wildman–Crippen MR) is 137 cm³/mol. The third-order valence-corrected chi connectivity index (χ3v) is 5.94. The van der Waals surface area contributed by atoms with Crippen molar-refractivity contribution in [3.63, 3.8) is 0 Å². The number of rotatable bonds is 7. The Morgan fingerprint density at radius 2 is 1.63 bits per heavy atom. The van der Waals surface area contributed by atoms with Gasteiger partial charge in [0.15, 0.2) is 18.1 Å². The number of amides is 5. The van der Waals surface area contributed by atoms with Gasteiger partial charge in [0.2, 0.25) is 0 Å². The highest BCUT2D eigenvalue weighted by atomic mass is 79.9. The molecule has 194 valence electrons. The van der Waals surface area contributed by atoms with E-state index < -0.39 is 42.0 Å². The van der Waals surface area contributed by atoms with E-state index in [4.69, 9.17) is 9.47 Å². The molecule has 1 aliphatic rings. The summed E-state index contributed by atoms with van der Waals surface area (Å²) < 4.78 is 37.6. The zero-order valence-electron chi connectivity index (χ0n) is 19.6. The quantitative estimate of drug-likeness (QED) is 0.313. The number of urea groups is 1. The highest BCUT2D eigenvalue weighted by Crippen LogP contribution is 2.35. The molecule has 1 heterocycles. The van der Waals surface area contributed by atoms with Gasteiger partial charge in [0.05, 0.1) is 12.8 Å². The number of benzene rings is 3. The molecule has 1 aliphatic heterocycles. The molecule has 5 amide bonds. The van der Waals surface area contributed by atoms with Crippen LogP contribution in [0.2, 0.25) is 0 Å². The summed E-state index contributed by atoms with van der Waals surface area (Å²) in [4.78, 5) is 50.8. The van der Waals surface area contributed by atoms with E-state index in [-0.39, 0.29) is 22.8 Å². The van der Waals surface area contributed by atoms with Gasteiger partial charge in [-0.15, -0.1) is 0 Å². The zero-order valence-corrected chi connectivity index (χ0v) is 21.2. The van der Waals surface area contributed by atoms with Crippen molar-refractivity contribution < 1.29 is 37.4 Å². The molecule has 9 nitrogen and oxygen atoms in total. The van der Waals surface area contributed by atoms with Crippen LogP contribution in [0, 0.1) is 11.6 Å². The molecule has 3 aromatic carbocycles. The molecule has 0 spiro atoms. The maximum absolute atomic E-state index is 13.3. The van der Waals surface area contributed by atoms with E-state index in [9.17, 15) is 28.0 Å². The largest absolute Gasteiger partial charge is 0.493 e. The van der Waals surface area contributed by atoms with Crippen molar-refractivity contribution in [2.24, 2.45) is 0 Å². The number of ether oxygens (including phenoxy) is 2. The molecule has 0 bridgehead atoms. The Kier molecular flexibility index (Phi) is 7.82. The molecule has 38 heavy (non-hydrogen) atoms. The lowest BCUT2D eigenvalue weighted by Gasteiger charge is -2.26. The summed E-state index contributed by atoms with van der Waals surface area (Å²) in [6, 6.07) is 11.8. The van der Waals surface area contributed by atoms with E-state index in [0.29, 0.717) is 15.7 Å². The molecule has 1 saturated heterocycles. The number of barbiturate groups is 1. The van der Waals surface area contributed by atoms with Crippen molar-refractivity contribution in [3.05, 3.63) is 87.9 Å². The van der Waals surface area contributed by atoms with Crippen LogP contribution in [0.3, 0.4) is 0 Å². The number of halogens is 3. The third-order valence-electron chi connectivity index (χ3n) is 5.26. The van der Waals surface area contributed by atoms with Crippen LogP contribution in [0.15, 0.2) is 70.7 Å². The molecule has 12 heteroatoms. The summed E-state index contributed by atoms with van der Waals surface area (Å²) in [6.45, 7) is -0.393. The molecule has 0 saturated carbocycles. The lowest BCUT2D eigenvalue weighted by molar-refractivity contribution is -0.122. The number of imide groups is 2. The van der Waals surface area contributed by atoms with Gasteiger partial charge in [-0.3, -0.25) is 19.7 Å². The van der Waals surface area contributed by atoms with Crippen molar-refractivity contribution in [2.45, 2.75) is 0 Å². The molecule has 4 rings (SSSR count). The summed E-state index contributed by atoms with van der Waals surface area (Å²) in [7, 11) is 1.36. The molecule has 0 atom stereocenters. The van der Waals surface area contributed by atoms with E-state index in [1.165, 1.54) is 61.7 Å². The SMILES string of the molecule is COc1cc(/C=C2\C(=O)NC(=O)N(c3ccc(F)cc3)C2=O)c(Br)cc1OCC(=O)Nc1ccc(F)cc1. The van der Waals surface area contributed by atoms with Gasteiger partial charge in [-0.2, -0.15) is 0 Å². The molecule has 0 radical (unpaired) electrons. The van der Waals surface area contributed by atoms with Crippen molar-refractivity contribution in [3.8, 4) is 11.5 Å². The number of hydrogen-bond donors (Lipinski definition) is 2. The number of hydrogen-bond acceptors (Lipinski definition) is 6. The fourth-order valence-corrected chi connectivity index (χ4v) is 3.88. The summed E-state index contributed by atoms with van der Waals surface area (Å²) in [5, 5.41) is 4.65. The summed E-state index contributed by atoms with van der Waals surface area (Å²) in [5.74, 6) is -2.96.